The number of nitrogens with zero attached hydrogens (tertiary/aromatic N) is 4. The lowest BCUT2D eigenvalue weighted by Crippen LogP contribution is -2.13. The van der Waals surface area contributed by atoms with Gasteiger partial charge in [-0.05, 0) is 43.9 Å². The summed E-state index contributed by atoms with van der Waals surface area (Å²) in [4.78, 5) is 8.86. The molecule has 1 aromatic carbocycles. The summed E-state index contributed by atoms with van der Waals surface area (Å²) < 4.78 is 24.7. The molecule has 1 saturated carbocycles. The van der Waals surface area contributed by atoms with Gasteiger partial charge in [0.15, 0.2) is 11.6 Å². The Morgan fingerprint density at radius 3 is 2.60 bits per heavy atom. The van der Waals surface area contributed by atoms with Crippen LogP contribution in [0.1, 0.15) is 76.3 Å². The number of hydrogen-bond donors (Lipinski definition) is 1. The molecule has 7 nitrogen and oxygen atoms in total. The summed E-state index contributed by atoms with van der Waals surface area (Å²) in [6, 6.07) is 4.75. The van der Waals surface area contributed by atoms with E-state index in [1.54, 1.807) is 0 Å². The zero-order valence-electron chi connectivity index (χ0n) is 17.7. The molecule has 2 aromatic heterocycles. The molecule has 0 atom stereocenters. The molecule has 0 aliphatic heterocycles. The van der Waals surface area contributed by atoms with Crippen LogP contribution < -0.4 is 5.32 Å². The molecule has 0 saturated heterocycles. The number of unbranched alkanes of at least 4 members (excludes halogenated alkanes) is 2. The van der Waals surface area contributed by atoms with Gasteiger partial charge >= 0.3 is 0 Å². The van der Waals surface area contributed by atoms with E-state index in [9.17, 15) is 4.39 Å². The summed E-state index contributed by atoms with van der Waals surface area (Å²) in [5.74, 6) is 2.60. The highest BCUT2D eigenvalue weighted by Gasteiger charge is 2.29. The molecule has 1 aliphatic rings. The van der Waals surface area contributed by atoms with Crippen molar-refractivity contribution >= 4 is 5.69 Å². The molecule has 0 unspecified atom stereocenters. The Bertz CT molecular complexity index is 988. The Balaban J connectivity index is 1.23. The van der Waals surface area contributed by atoms with E-state index in [4.69, 9.17) is 9.05 Å². The molecule has 8 heteroatoms. The van der Waals surface area contributed by atoms with Gasteiger partial charge in [-0.2, -0.15) is 9.97 Å². The Morgan fingerprint density at radius 2 is 1.87 bits per heavy atom. The molecule has 4 rings (SSSR count). The lowest BCUT2D eigenvalue weighted by atomic mass is 9.96. The van der Waals surface area contributed by atoms with E-state index in [0.717, 1.165) is 56.7 Å². The fourth-order valence-corrected chi connectivity index (χ4v) is 3.15. The third kappa shape index (κ3) is 5.23. The standard InChI is InChI=1S/C22H28FN5O2/c1-22(2,3)21-25-18(29-28-21)7-5-4-6-10-24-17-12-15(11-16(23)13-17)20-26-19(27-30-20)14-8-9-14/h11-14,24H,4-10H2,1-3H3. The van der Waals surface area contributed by atoms with Gasteiger partial charge in [0.1, 0.15) is 5.82 Å². The number of hydrogen-bond acceptors (Lipinski definition) is 7. The number of benzene rings is 1. The van der Waals surface area contributed by atoms with Crippen LogP contribution in [0.5, 0.6) is 0 Å². The lowest BCUT2D eigenvalue weighted by Gasteiger charge is -2.10. The van der Waals surface area contributed by atoms with Crippen LogP contribution >= 0.6 is 0 Å². The van der Waals surface area contributed by atoms with Gasteiger partial charge < -0.3 is 14.4 Å². The molecule has 1 fully saturated rings. The van der Waals surface area contributed by atoms with Crippen LogP contribution in [0.3, 0.4) is 0 Å². The van der Waals surface area contributed by atoms with Crippen LogP contribution in [0.4, 0.5) is 10.1 Å². The average Bonchev–Trinajstić information content (AvgIpc) is 3.22. The molecule has 30 heavy (non-hydrogen) atoms. The molecule has 160 valence electrons. The number of anilines is 1. The maximum Gasteiger partial charge on any atom is 0.258 e. The maximum atomic E-state index is 14.0. The Morgan fingerprint density at radius 1 is 1.03 bits per heavy atom. The number of rotatable bonds is 9. The summed E-state index contributed by atoms with van der Waals surface area (Å²) in [6.07, 6.45) is 5.90. The monoisotopic (exact) mass is 413 g/mol. The smallest absolute Gasteiger partial charge is 0.258 e. The second kappa shape index (κ2) is 8.53. The summed E-state index contributed by atoms with van der Waals surface area (Å²) >= 11 is 0. The molecular formula is C22H28FN5O2. The van der Waals surface area contributed by atoms with Crippen molar-refractivity contribution in [2.75, 3.05) is 11.9 Å². The van der Waals surface area contributed by atoms with Gasteiger partial charge in [0.2, 0.25) is 5.89 Å². The van der Waals surface area contributed by atoms with Crippen LogP contribution in [-0.4, -0.2) is 26.8 Å². The van der Waals surface area contributed by atoms with Crippen molar-refractivity contribution in [3.8, 4) is 11.5 Å². The normalized spacial score (nSPS) is 14.3. The summed E-state index contributed by atoms with van der Waals surface area (Å²) in [5, 5.41) is 11.3. The molecule has 2 heterocycles. The number of nitrogens with one attached hydrogen (secondary N) is 1. The van der Waals surface area contributed by atoms with E-state index in [1.807, 2.05) is 6.07 Å². The second-order valence-corrected chi connectivity index (χ2v) is 8.96. The van der Waals surface area contributed by atoms with Crippen molar-refractivity contribution in [1.82, 2.24) is 20.3 Å². The highest BCUT2D eigenvalue weighted by atomic mass is 19.1. The summed E-state index contributed by atoms with van der Waals surface area (Å²) in [5.41, 5.74) is 1.21. The fourth-order valence-electron chi connectivity index (χ4n) is 3.15. The third-order valence-corrected chi connectivity index (χ3v) is 5.06. The Labute approximate surface area is 175 Å². The second-order valence-electron chi connectivity index (χ2n) is 8.96. The Kier molecular flexibility index (Phi) is 5.83. The summed E-state index contributed by atoms with van der Waals surface area (Å²) in [7, 11) is 0. The predicted molar refractivity (Wildman–Crippen MR) is 111 cm³/mol. The van der Waals surface area contributed by atoms with Crippen LogP contribution in [0.2, 0.25) is 0 Å². The molecule has 1 aliphatic carbocycles. The molecule has 0 spiro atoms. The zero-order chi connectivity index (χ0) is 21.1. The number of aryl methyl sites for hydroxylation is 1. The van der Waals surface area contributed by atoms with Gasteiger partial charge in [-0.1, -0.05) is 37.5 Å². The third-order valence-electron chi connectivity index (χ3n) is 5.06. The van der Waals surface area contributed by atoms with E-state index in [2.05, 4.69) is 46.4 Å². The maximum absolute atomic E-state index is 14.0. The van der Waals surface area contributed by atoms with Gasteiger partial charge in [-0.15, -0.1) is 0 Å². The van der Waals surface area contributed by atoms with Gasteiger partial charge in [-0.25, -0.2) is 4.39 Å². The van der Waals surface area contributed by atoms with Crippen LogP contribution in [-0.2, 0) is 11.8 Å². The molecular weight excluding hydrogens is 385 g/mol. The number of aromatic nitrogens is 4. The van der Waals surface area contributed by atoms with Crippen LogP contribution in [0.15, 0.2) is 27.2 Å². The van der Waals surface area contributed by atoms with E-state index < -0.39 is 0 Å². The molecule has 1 N–H and O–H groups in total. The first kappa shape index (κ1) is 20.5. The van der Waals surface area contributed by atoms with Crippen molar-refractivity contribution in [3.63, 3.8) is 0 Å². The van der Waals surface area contributed by atoms with Crippen molar-refractivity contribution in [1.29, 1.82) is 0 Å². The Hall–Kier alpha value is -2.77. The fraction of sp³-hybridized carbons (Fsp3) is 0.545. The molecule has 0 amide bonds. The van der Waals surface area contributed by atoms with Crippen molar-refractivity contribution < 1.29 is 13.4 Å². The number of halogens is 1. The van der Waals surface area contributed by atoms with Crippen molar-refractivity contribution in [2.24, 2.45) is 0 Å². The van der Waals surface area contributed by atoms with Gasteiger partial charge in [0, 0.05) is 35.5 Å². The van der Waals surface area contributed by atoms with E-state index >= 15 is 0 Å². The topological polar surface area (TPSA) is 89.9 Å². The van der Waals surface area contributed by atoms with Crippen LogP contribution in [0.25, 0.3) is 11.5 Å². The quantitative estimate of drug-likeness (QED) is 0.479. The average molecular weight is 413 g/mol. The SMILES string of the molecule is CC(C)(C)c1noc(CCCCCNc2cc(F)cc(-c3nc(C4CC4)no3)c2)n1. The van der Waals surface area contributed by atoms with Crippen molar-refractivity contribution in [2.45, 2.75) is 70.6 Å². The minimum Gasteiger partial charge on any atom is -0.385 e. The first-order chi connectivity index (χ1) is 14.4. The predicted octanol–water partition coefficient (Wildman–Crippen LogP) is 5.26. The molecule has 0 bridgehead atoms. The van der Waals surface area contributed by atoms with E-state index in [1.165, 1.54) is 12.1 Å². The first-order valence-electron chi connectivity index (χ1n) is 10.6. The minimum absolute atomic E-state index is 0.101. The highest BCUT2D eigenvalue weighted by Crippen LogP contribution is 2.39. The van der Waals surface area contributed by atoms with Crippen molar-refractivity contribution in [3.05, 3.63) is 41.6 Å². The lowest BCUT2D eigenvalue weighted by molar-refractivity contribution is 0.359. The molecule has 0 radical (unpaired) electrons. The summed E-state index contributed by atoms with van der Waals surface area (Å²) in [6.45, 7) is 6.94. The van der Waals surface area contributed by atoms with Gasteiger partial charge in [0.25, 0.3) is 5.89 Å². The highest BCUT2D eigenvalue weighted by molar-refractivity contribution is 5.61. The van der Waals surface area contributed by atoms with E-state index in [0.29, 0.717) is 29.0 Å². The van der Waals surface area contributed by atoms with Crippen LogP contribution in [0, 0.1) is 5.82 Å². The van der Waals surface area contributed by atoms with E-state index in [-0.39, 0.29) is 11.2 Å². The van der Waals surface area contributed by atoms with Gasteiger partial charge in [0.05, 0.1) is 0 Å². The largest absolute Gasteiger partial charge is 0.385 e. The first-order valence-corrected chi connectivity index (χ1v) is 10.6. The zero-order valence-corrected chi connectivity index (χ0v) is 17.7. The molecule has 3 aromatic rings. The van der Waals surface area contributed by atoms with Gasteiger partial charge in [-0.3, -0.25) is 0 Å². The minimum atomic E-state index is -0.327.